The molecule has 0 fully saturated rings. The molecule has 5 nitrogen and oxygen atoms in total. The molecule has 0 saturated carbocycles. The van der Waals surface area contributed by atoms with Crippen molar-refractivity contribution in [1.82, 2.24) is 9.97 Å². The van der Waals surface area contributed by atoms with Crippen LogP contribution in [-0.4, -0.2) is 41.6 Å². The minimum atomic E-state index is 0.0611. The van der Waals surface area contributed by atoms with Gasteiger partial charge in [-0.3, -0.25) is 9.78 Å². The predicted molar refractivity (Wildman–Crippen MR) is 149 cm³/mol. The number of ether oxygens (including phenoxy) is 1. The van der Waals surface area contributed by atoms with E-state index in [0.29, 0.717) is 12.6 Å². The molecule has 0 amide bonds. The molecule has 1 heterocycles. The molecule has 0 unspecified atom stereocenters. The van der Waals surface area contributed by atoms with E-state index in [0.717, 1.165) is 47.7 Å². The van der Waals surface area contributed by atoms with Crippen LogP contribution in [0.1, 0.15) is 61.3 Å². The molecule has 2 aromatic carbocycles. The summed E-state index contributed by atoms with van der Waals surface area (Å²) in [6.45, 7) is 15.5. The van der Waals surface area contributed by atoms with Gasteiger partial charge in [0.15, 0.2) is 5.78 Å². The Labute approximate surface area is 212 Å². The van der Waals surface area contributed by atoms with Crippen molar-refractivity contribution in [1.29, 1.82) is 0 Å². The highest BCUT2D eigenvalue weighted by molar-refractivity contribution is 5.78. The summed E-state index contributed by atoms with van der Waals surface area (Å²) >= 11 is 0. The maximum Gasteiger partial charge on any atom is 0.155 e. The molecule has 0 bridgehead atoms. The summed E-state index contributed by atoms with van der Waals surface area (Å²) in [7, 11) is 0. The van der Waals surface area contributed by atoms with E-state index in [9.17, 15) is 4.79 Å². The summed E-state index contributed by atoms with van der Waals surface area (Å²) in [5, 5.41) is 0. The lowest BCUT2D eigenvalue weighted by atomic mass is 10.0. The van der Waals surface area contributed by atoms with Gasteiger partial charge in [0.25, 0.3) is 0 Å². The van der Waals surface area contributed by atoms with Crippen molar-refractivity contribution in [3.63, 3.8) is 0 Å². The van der Waals surface area contributed by atoms with Crippen LogP contribution >= 0.6 is 0 Å². The fourth-order valence-electron chi connectivity index (χ4n) is 3.46. The number of carbonyl (C=O) groups excluding carboxylic acids is 1. The van der Waals surface area contributed by atoms with E-state index < -0.39 is 0 Å². The number of unbranched alkanes of at least 4 members (excludes halogenated alkanes) is 1. The number of nitrogens with zero attached hydrogens (tertiary/aromatic N) is 3. The number of aromatic nitrogens is 2. The van der Waals surface area contributed by atoms with Gasteiger partial charge in [-0.25, -0.2) is 4.98 Å². The summed E-state index contributed by atoms with van der Waals surface area (Å²) in [6.07, 6.45) is 3.73. The van der Waals surface area contributed by atoms with Gasteiger partial charge in [0.05, 0.1) is 17.6 Å². The zero-order chi connectivity index (χ0) is 26.1. The molecule has 190 valence electrons. The number of hydrogen-bond acceptors (Lipinski definition) is 5. The Bertz CT molecular complexity index is 960. The van der Waals surface area contributed by atoms with Crippen molar-refractivity contribution in [2.45, 2.75) is 67.3 Å². The molecular weight excluding hydrogens is 434 g/mol. The van der Waals surface area contributed by atoms with Crippen molar-refractivity contribution >= 4 is 11.6 Å². The number of benzene rings is 2. The van der Waals surface area contributed by atoms with Crippen molar-refractivity contribution in [3.05, 3.63) is 66.9 Å². The Morgan fingerprint density at radius 1 is 0.857 bits per heavy atom. The summed E-state index contributed by atoms with van der Waals surface area (Å²) < 4.78 is 5.39. The first kappa shape index (κ1) is 30.0. The molecule has 0 saturated heterocycles. The van der Waals surface area contributed by atoms with E-state index in [1.54, 1.807) is 6.92 Å². The van der Waals surface area contributed by atoms with Gasteiger partial charge >= 0.3 is 0 Å². The molecule has 0 N–H and O–H groups in total. The van der Waals surface area contributed by atoms with Crippen LogP contribution in [0.3, 0.4) is 0 Å². The van der Waals surface area contributed by atoms with Gasteiger partial charge in [-0.2, -0.15) is 0 Å². The normalized spacial score (nSPS) is 10.1. The lowest BCUT2D eigenvalue weighted by molar-refractivity contribution is -0.121. The van der Waals surface area contributed by atoms with Crippen molar-refractivity contribution < 1.29 is 9.53 Å². The standard InChI is InChI=1S/C26H31N3O2.2C2H6/c1-20(2)29(16-10-11-17-31-19-21(3)30)24-18-27-25(22-12-6-4-7-13-22)26(28-24)23-14-8-5-9-15-23;2*1-2/h4-9,12-15,18,20H,10-11,16-17,19H2,1-3H3;2*1-2H3. The number of anilines is 1. The molecule has 35 heavy (non-hydrogen) atoms. The van der Waals surface area contributed by atoms with E-state index in [4.69, 9.17) is 14.7 Å². The topological polar surface area (TPSA) is 55.3 Å². The van der Waals surface area contributed by atoms with Crippen molar-refractivity contribution in [2.75, 3.05) is 24.7 Å². The highest BCUT2D eigenvalue weighted by Gasteiger charge is 2.17. The third kappa shape index (κ3) is 9.99. The lowest BCUT2D eigenvalue weighted by Gasteiger charge is -2.28. The lowest BCUT2D eigenvalue weighted by Crippen LogP contribution is -2.33. The third-order valence-corrected chi connectivity index (χ3v) is 5.01. The van der Waals surface area contributed by atoms with Gasteiger partial charge in [0.1, 0.15) is 12.4 Å². The minimum Gasteiger partial charge on any atom is -0.374 e. The smallest absolute Gasteiger partial charge is 0.155 e. The van der Waals surface area contributed by atoms with Gasteiger partial charge in [0, 0.05) is 30.3 Å². The number of carbonyl (C=O) groups is 1. The Morgan fingerprint density at radius 2 is 1.40 bits per heavy atom. The molecule has 0 radical (unpaired) electrons. The average molecular weight is 478 g/mol. The highest BCUT2D eigenvalue weighted by atomic mass is 16.5. The molecule has 0 spiro atoms. The number of ketones is 1. The molecule has 0 aliphatic heterocycles. The zero-order valence-corrected chi connectivity index (χ0v) is 22.6. The van der Waals surface area contributed by atoms with Crippen LogP contribution < -0.4 is 4.90 Å². The Hall–Kier alpha value is -3.05. The van der Waals surface area contributed by atoms with Gasteiger partial charge in [-0.05, 0) is 33.6 Å². The molecule has 1 aromatic heterocycles. The number of Topliss-reactive ketones (excluding diaryl/α,β-unsaturated/α-hetero) is 1. The van der Waals surface area contributed by atoms with E-state index in [-0.39, 0.29) is 12.4 Å². The first-order valence-corrected chi connectivity index (χ1v) is 12.9. The van der Waals surface area contributed by atoms with Gasteiger partial charge < -0.3 is 9.64 Å². The number of rotatable bonds is 11. The Balaban J connectivity index is 0.00000145. The van der Waals surface area contributed by atoms with E-state index in [1.165, 1.54) is 0 Å². The largest absolute Gasteiger partial charge is 0.374 e. The second-order valence-corrected chi connectivity index (χ2v) is 7.91. The predicted octanol–water partition coefficient (Wildman–Crippen LogP) is 7.46. The molecule has 3 rings (SSSR count). The molecule has 0 aliphatic rings. The first-order chi connectivity index (χ1) is 17.1. The fourth-order valence-corrected chi connectivity index (χ4v) is 3.46. The Kier molecular flexibility index (Phi) is 14.9. The highest BCUT2D eigenvalue weighted by Crippen LogP contribution is 2.30. The summed E-state index contributed by atoms with van der Waals surface area (Å²) in [4.78, 5) is 23.2. The molecule has 3 aromatic rings. The van der Waals surface area contributed by atoms with E-state index in [1.807, 2.05) is 70.3 Å². The number of hydrogen-bond donors (Lipinski definition) is 0. The van der Waals surface area contributed by atoms with Crippen LogP contribution in [0.5, 0.6) is 0 Å². The Morgan fingerprint density at radius 3 is 1.91 bits per heavy atom. The second kappa shape index (κ2) is 17.4. The van der Waals surface area contributed by atoms with Crippen LogP contribution in [0.2, 0.25) is 0 Å². The van der Waals surface area contributed by atoms with Crippen molar-refractivity contribution in [3.8, 4) is 22.5 Å². The second-order valence-electron chi connectivity index (χ2n) is 7.91. The summed E-state index contributed by atoms with van der Waals surface area (Å²) in [5.41, 5.74) is 3.88. The van der Waals surface area contributed by atoms with Crippen LogP contribution in [0.15, 0.2) is 66.9 Å². The maximum absolute atomic E-state index is 11.0. The van der Waals surface area contributed by atoms with Crippen molar-refractivity contribution in [2.24, 2.45) is 0 Å². The monoisotopic (exact) mass is 477 g/mol. The van der Waals surface area contributed by atoms with Gasteiger partial charge in [0.2, 0.25) is 0 Å². The van der Waals surface area contributed by atoms with Gasteiger partial charge in [-0.1, -0.05) is 88.4 Å². The van der Waals surface area contributed by atoms with Crippen LogP contribution in [0.25, 0.3) is 22.5 Å². The van der Waals surface area contributed by atoms with Crippen LogP contribution in [0.4, 0.5) is 5.82 Å². The van der Waals surface area contributed by atoms with E-state index in [2.05, 4.69) is 43.0 Å². The summed E-state index contributed by atoms with van der Waals surface area (Å²) in [6, 6.07) is 20.7. The minimum absolute atomic E-state index is 0.0611. The SMILES string of the molecule is CC.CC.CC(=O)COCCCCN(c1cnc(-c2ccccc2)c(-c2ccccc2)n1)C(C)C. The summed E-state index contributed by atoms with van der Waals surface area (Å²) in [5.74, 6) is 0.934. The zero-order valence-electron chi connectivity index (χ0n) is 22.6. The quantitative estimate of drug-likeness (QED) is 0.268. The van der Waals surface area contributed by atoms with Crippen LogP contribution in [-0.2, 0) is 9.53 Å². The molecular formula is C30H43N3O2. The maximum atomic E-state index is 11.0. The molecule has 0 aliphatic carbocycles. The average Bonchev–Trinajstić information content (AvgIpc) is 2.91. The third-order valence-electron chi connectivity index (χ3n) is 5.01. The van der Waals surface area contributed by atoms with E-state index >= 15 is 0 Å². The van der Waals surface area contributed by atoms with Gasteiger partial charge in [-0.15, -0.1) is 0 Å². The fraction of sp³-hybridized carbons (Fsp3) is 0.433. The van der Waals surface area contributed by atoms with Crippen LogP contribution in [0, 0.1) is 0 Å². The first-order valence-electron chi connectivity index (χ1n) is 12.9. The molecule has 5 heteroatoms. The molecule has 0 atom stereocenters.